The fourth-order valence-electron chi connectivity index (χ4n) is 1.65. The molecule has 0 atom stereocenters. The van der Waals surface area contributed by atoms with Crippen LogP contribution in [0.4, 0.5) is 0 Å². The van der Waals surface area contributed by atoms with Gasteiger partial charge in [0, 0.05) is 25.5 Å². The normalized spacial score (nSPS) is 19.8. The highest BCUT2D eigenvalue weighted by molar-refractivity contribution is 5.48. The molecule has 1 aliphatic rings. The lowest BCUT2D eigenvalue weighted by Crippen LogP contribution is -2.09. The van der Waals surface area contributed by atoms with Crippen molar-refractivity contribution in [3.8, 4) is 0 Å². The van der Waals surface area contributed by atoms with Gasteiger partial charge in [-0.3, -0.25) is 4.98 Å². The molecule has 0 radical (unpaired) electrons. The van der Waals surface area contributed by atoms with Crippen molar-refractivity contribution in [2.75, 3.05) is 13.6 Å². The van der Waals surface area contributed by atoms with Crippen molar-refractivity contribution >= 4 is 6.08 Å². The number of hydrogen-bond donors (Lipinski definition) is 0. The third kappa shape index (κ3) is 1.89. The molecule has 0 amide bonds. The van der Waals surface area contributed by atoms with Crippen molar-refractivity contribution in [3.63, 3.8) is 0 Å². The van der Waals surface area contributed by atoms with Gasteiger partial charge >= 0.3 is 0 Å². The average molecular weight is 174 g/mol. The van der Waals surface area contributed by atoms with E-state index in [9.17, 15) is 0 Å². The summed E-state index contributed by atoms with van der Waals surface area (Å²) in [7, 11) is 2.14. The van der Waals surface area contributed by atoms with E-state index in [4.69, 9.17) is 0 Å². The first-order chi connectivity index (χ1) is 6.36. The molecule has 2 rings (SSSR count). The van der Waals surface area contributed by atoms with Crippen LogP contribution in [0.1, 0.15) is 18.5 Å². The van der Waals surface area contributed by atoms with Crippen LogP contribution >= 0.6 is 0 Å². The van der Waals surface area contributed by atoms with Crippen molar-refractivity contribution < 1.29 is 0 Å². The quantitative estimate of drug-likeness (QED) is 0.648. The van der Waals surface area contributed by atoms with Gasteiger partial charge in [-0.15, -0.1) is 0 Å². The van der Waals surface area contributed by atoms with Gasteiger partial charge in [0.2, 0.25) is 0 Å². The van der Waals surface area contributed by atoms with E-state index in [1.165, 1.54) is 25.1 Å². The van der Waals surface area contributed by atoms with E-state index in [1.54, 1.807) is 0 Å². The Morgan fingerprint density at radius 3 is 3.00 bits per heavy atom. The number of pyridine rings is 1. The van der Waals surface area contributed by atoms with Crippen LogP contribution in [0.5, 0.6) is 0 Å². The Labute approximate surface area is 78.9 Å². The lowest BCUT2D eigenvalue weighted by molar-refractivity contribution is 0.484. The number of likely N-dealkylation sites (tertiary alicyclic amines) is 1. The van der Waals surface area contributed by atoms with Crippen LogP contribution in [0.25, 0.3) is 6.08 Å². The zero-order valence-corrected chi connectivity index (χ0v) is 7.90. The van der Waals surface area contributed by atoms with Gasteiger partial charge in [-0.05, 0) is 31.1 Å². The summed E-state index contributed by atoms with van der Waals surface area (Å²) in [6.07, 6.45) is 6.47. The first-order valence-corrected chi connectivity index (χ1v) is 4.69. The Hall–Kier alpha value is -1.31. The van der Waals surface area contributed by atoms with E-state index < -0.39 is 0 Å². The third-order valence-corrected chi connectivity index (χ3v) is 2.42. The monoisotopic (exact) mass is 174 g/mol. The van der Waals surface area contributed by atoms with E-state index in [0.29, 0.717) is 0 Å². The molecule has 1 aromatic heterocycles. The first-order valence-electron chi connectivity index (χ1n) is 4.69. The molecule has 68 valence electrons. The highest BCUT2D eigenvalue weighted by Gasteiger charge is 2.11. The minimum Gasteiger partial charge on any atom is -0.378 e. The molecule has 0 saturated carbocycles. The van der Waals surface area contributed by atoms with Crippen molar-refractivity contribution in [2.24, 2.45) is 0 Å². The lowest BCUT2D eigenvalue weighted by atomic mass is 10.2. The fourth-order valence-corrected chi connectivity index (χ4v) is 1.65. The molecule has 1 fully saturated rings. The predicted octanol–water partition coefficient (Wildman–Crippen LogP) is 2.15. The zero-order chi connectivity index (χ0) is 9.10. The van der Waals surface area contributed by atoms with Crippen LogP contribution in [0.15, 0.2) is 30.1 Å². The molecule has 13 heavy (non-hydrogen) atoms. The Bertz CT molecular complexity index is 303. The summed E-state index contributed by atoms with van der Waals surface area (Å²) in [5, 5.41) is 0. The molecule has 0 aromatic carbocycles. The maximum atomic E-state index is 4.27. The second-order valence-corrected chi connectivity index (χ2v) is 3.42. The van der Waals surface area contributed by atoms with Gasteiger partial charge in [0.1, 0.15) is 0 Å². The summed E-state index contributed by atoms with van der Waals surface area (Å²) >= 11 is 0. The third-order valence-electron chi connectivity index (χ3n) is 2.42. The van der Waals surface area contributed by atoms with Gasteiger partial charge in [0.15, 0.2) is 0 Å². The Morgan fingerprint density at radius 1 is 1.46 bits per heavy atom. The summed E-state index contributed by atoms with van der Waals surface area (Å²) < 4.78 is 0. The topological polar surface area (TPSA) is 16.1 Å². The average Bonchev–Trinajstić information content (AvgIpc) is 2.54. The van der Waals surface area contributed by atoms with E-state index in [0.717, 1.165) is 5.69 Å². The molecule has 0 bridgehead atoms. The molecular weight excluding hydrogens is 160 g/mol. The maximum Gasteiger partial charge on any atom is 0.0646 e. The van der Waals surface area contributed by atoms with Gasteiger partial charge in [-0.2, -0.15) is 0 Å². The number of nitrogens with zero attached hydrogens (tertiary/aromatic N) is 2. The van der Waals surface area contributed by atoms with Gasteiger partial charge in [-0.1, -0.05) is 6.07 Å². The van der Waals surface area contributed by atoms with Gasteiger partial charge in [0.25, 0.3) is 0 Å². The van der Waals surface area contributed by atoms with Crippen molar-refractivity contribution in [1.29, 1.82) is 0 Å². The van der Waals surface area contributed by atoms with E-state index >= 15 is 0 Å². The molecule has 2 nitrogen and oxygen atoms in total. The Morgan fingerprint density at radius 2 is 2.38 bits per heavy atom. The number of aromatic nitrogens is 1. The fraction of sp³-hybridized carbons (Fsp3) is 0.364. The van der Waals surface area contributed by atoms with Gasteiger partial charge < -0.3 is 4.90 Å². The minimum absolute atomic E-state index is 1.06. The van der Waals surface area contributed by atoms with E-state index in [1.807, 2.05) is 24.4 Å². The number of hydrogen-bond acceptors (Lipinski definition) is 2. The summed E-state index contributed by atoms with van der Waals surface area (Å²) in [5.74, 6) is 0. The number of rotatable bonds is 1. The van der Waals surface area contributed by atoms with Crippen LogP contribution in [-0.4, -0.2) is 23.5 Å². The largest absolute Gasteiger partial charge is 0.378 e. The molecule has 0 unspecified atom stereocenters. The van der Waals surface area contributed by atoms with Crippen LogP contribution < -0.4 is 0 Å². The van der Waals surface area contributed by atoms with Crippen molar-refractivity contribution in [2.45, 2.75) is 12.8 Å². The molecule has 1 aliphatic heterocycles. The number of allylic oxidation sites excluding steroid dienone is 1. The molecule has 1 aromatic rings. The standard InChI is InChI=1S/C11H14N2/c1-13-8-4-6-11(13)9-10-5-2-3-7-12-10/h2-3,5,7,9H,4,6,8H2,1H3. The SMILES string of the molecule is CN1CCCC1=Cc1ccccn1. The highest BCUT2D eigenvalue weighted by Crippen LogP contribution is 2.20. The maximum absolute atomic E-state index is 4.27. The Balaban J connectivity index is 2.20. The smallest absolute Gasteiger partial charge is 0.0646 e. The molecule has 0 aliphatic carbocycles. The second kappa shape index (κ2) is 3.60. The zero-order valence-electron chi connectivity index (χ0n) is 7.90. The summed E-state index contributed by atoms with van der Waals surface area (Å²) in [6, 6.07) is 6.01. The van der Waals surface area contributed by atoms with Crippen LogP contribution in [0, 0.1) is 0 Å². The van der Waals surface area contributed by atoms with Crippen LogP contribution in [-0.2, 0) is 0 Å². The first kappa shape index (κ1) is 8.30. The van der Waals surface area contributed by atoms with Crippen LogP contribution in [0.3, 0.4) is 0 Å². The molecule has 2 heteroatoms. The molecule has 0 N–H and O–H groups in total. The molecule has 2 heterocycles. The minimum atomic E-state index is 1.06. The van der Waals surface area contributed by atoms with Gasteiger partial charge in [0.05, 0.1) is 5.69 Å². The summed E-state index contributed by atoms with van der Waals surface area (Å²) in [4.78, 5) is 6.57. The summed E-state index contributed by atoms with van der Waals surface area (Å²) in [6.45, 7) is 1.18. The molecule has 1 saturated heterocycles. The second-order valence-electron chi connectivity index (χ2n) is 3.42. The van der Waals surface area contributed by atoms with E-state index in [-0.39, 0.29) is 0 Å². The highest BCUT2D eigenvalue weighted by atomic mass is 15.1. The lowest BCUT2D eigenvalue weighted by Gasteiger charge is -2.11. The molecule has 0 spiro atoms. The molecular formula is C11H14N2. The van der Waals surface area contributed by atoms with Crippen molar-refractivity contribution in [1.82, 2.24) is 9.88 Å². The Kier molecular flexibility index (Phi) is 2.30. The van der Waals surface area contributed by atoms with Crippen molar-refractivity contribution in [3.05, 3.63) is 35.8 Å². The van der Waals surface area contributed by atoms with Crippen LogP contribution in [0.2, 0.25) is 0 Å². The predicted molar refractivity (Wildman–Crippen MR) is 54.1 cm³/mol. The van der Waals surface area contributed by atoms with E-state index in [2.05, 4.69) is 23.0 Å². The van der Waals surface area contributed by atoms with Gasteiger partial charge in [-0.25, -0.2) is 0 Å². The summed E-state index contributed by atoms with van der Waals surface area (Å²) in [5.41, 5.74) is 2.46.